The zero-order valence-electron chi connectivity index (χ0n) is 11.9. The number of fused-ring (bicyclic) bond motifs is 1. The van der Waals surface area contributed by atoms with Crippen molar-refractivity contribution in [3.05, 3.63) is 23.8 Å². The molecule has 5 heteroatoms. The first-order chi connectivity index (χ1) is 9.43. The van der Waals surface area contributed by atoms with Gasteiger partial charge >= 0.3 is 5.97 Å². The van der Waals surface area contributed by atoms with Crippen LogP contribution in [-0.2, 0) is 14.4 Å². The smallest absolute Gasteiger partial charge is 0.309 e. The van der Waals surface area contributed by atoms with Gasteiger partial charge in [0.1, 0.15) is 12.2 Å². The van der Waals surface area contributed by atoms with Gasteiger partial charge in [0.15, 0.2) is 0 Å². The summed E-state index contributed by atoms with van der Waals surface area (Å²) in [6.45, 7) is 7.60. The second-order valence-corrected chi connectivity index (χ2v) is 5.84. The molecule has 0 aromatic heterocycles. The van der Waals surface area contributed by atoms with Crippen molar-refractivity contribution in [1.29, 1.82) is 0 Å². The fourth-order valence-electron chi connectivity index (χ4n) is 3.05. The Hall–Kier alpha value is -1.17. The van der Waals surface area contributed by atoms with Crippen LogP contribution in [0.2, 0.25) is 0 Å². The van der Waals surface area contributed by atoms with Gasteiger partial charge in [0.25, 0.3) is 0 Å². The third kappa shape index (κ3) is 2.95. The zero-order valence-corrected chi connectivity index (χ0v) is 11.9. The number of ether oxygens (including phenoxy) is 1. The standard InChI is InChI=1S/C15H22O5/c1-8-4-5-12(20-18)9(2)7-11(16)14-10(3)15(17)19-13(14)6-8/h6,10-14,16,18H,2,4-5,7H2,1,3H3. The summed E-state index contributed by atoms with van der Waals surface area (Å²) in [6, 6.07) is 0. The highest BCUT2D eigenvalue weighted by Gasteiger charge is 2.45. The van der Waals surface area contributed by atoms with E-state index in [4.69, 9.17) is 9.99 Å². The molecular formula is C15H22O5. The summed E-state index contributed by atoms with van der Waals surface area (Å²) < 4.78 is 5.35. The zero-order chi connectivity index (χ0) is 14.9. The fourth-order valence-corrected chi connectivity index (χ4v) is 3.05. The van der Waals surface area contributed by atoms with Crippen molar-refractivity contribution in [3.63, 3.8) is 0 Å². The maximum atomic E-state index is 11.7. The molecule has 0 aromatic rings. The summed E-state index contributed by atoms with van der Waals surface area (Å²) >= 11 is 0. The predicted molar refractivity (Wildman–Crippen MR) is 72.8 cm³/mol. The fraction of sp³-hybridized carbons (Fsp3) is 0.667. The van der Waals surface area contributed by atoms with Gasteiger partial charge in [-0.05, 0) is 37.8 Å². The van der Waals surface area contributed by atoms with Crippen LogP contribution in [0.15, 0.2) is 23.8 Å². The summed E-state index contributed by atoms with van der Waals surface area (Å²) in [4.78, 5) is 16.2. The second-order valence-electron chi connectivity index (χ2n) is 5.84. The van der Waals surface area contributed by atoms with Gasteiger partial charge in [0, 0.05) is 5.92 Å². The van der Waals surface area contributed by atoms with E-state index >= 15 is 0 Å². The van der Waals surface area contributed by atoms with Gasteiger partial charge < -0.3 is 9.84 Å². The van der Waals surface area contributed by atoms with Crippen molar-refractivity contribution in [2.75, 3.05) is 0 Å². The van der Waals surface area contributed by atoms with Crippen LogP contribution in [0.25, 0.3) is 0 Å². The van der Waals surface area contributed by atoms with E-state index in [0.29, 0.717) is 18.4 Å². The number of esters is 1. The Bertz CT molecular complexity index is 428. The van der Waals surface area contributed by atoms with Crippen LogP contribution in [-0.4, -0.2) is 34.6 Å². The number of carbonyl (C=O) groups is 1. The van der Waals surface area contributed by atoms with E-state index in [1.54, 1.807) is 6.92 Å². The molecule has 0 radical (unpaired) electrons. The van der Waals surface area contributed by atoms with Gasteiger partial charge in [0.2, 0.25) is 0 Å². The summed E-state index contributed by atoms with van der Waals surface area (Å²) in [5.74, 6) is -0.908. The molecule has 0 bridgehead atoms. The molecule has 1 aliphatic carbocycles. The van der Waals surface area contributed by atoms with Crippen molar-refractivity contribution in [1.82, 2.24) is 0 Å². The number of hydrogen-bond acceptors (Lipinski definition) is 5. The first kappa shape index (κ1) is 15.2. The molecule has 0 amide bonds. The molecule has 2 rings (SSSR count). The van der Waals surface area contributed by atoms with Crippen molar-refractivity contribution >= 4 is 5.97 Å². The number of aliphatic hydroxyl groups excluding tert-OH is 1. The lowest BCUT2D eigenvalue weighted by Crippen LogP contribution is -2.33. The molecule has 5 unspecified atom stereocenters. The molecule has 5 nitrogen and oxygen atoms in total. The minimum absolute atomic E-state index is 0.275. The molecule has 0 aromatic carbocycles. The van der Waals surface area contributed by atoms with Crippen LogP contribution in [0.3, 0.4) is 0 Å². The van der Waals surface area contributed by atoms with Crippen molar-refractivity contribution in [2.24, 2.45) is 11.8 Å². The molecule has 112 valence electrons. The SMILES string of the molecule is C=C1CC(O)C2C(C=C(C)CCC1OO)OC(=O)C2C. The molecule has 2 N–H and O–H groups in total. The number of hydrogen-bond donors (Lipinski definition) is 2. The third-order valence-corrected chi connectivity index (χ3v) is 4.33. The van der Waals surface area contributed by atoms with Crippen LogP contribution in [0.1, 0.15) is 33.1 Å². The first-order valence-corrected chi connectivity index (χ1v) is 6.97. The topological polar surface area (TPSA) is 76.0 Å². The normalized spacial score (nSPS) is 39.0. The Morgan fingerprint density at radius 1 is 1.50 bits per heavy atom. The maximum Gasteiger partial charge on any atom is 0.309 e. The monoisotopic (exact) mass is 282 g/mol. The molecular weight excluding hydrogens is 260 g/mol. The Kier molecular flexibility index (Phi) is 4.62. The highest BCUT2D eigenvalue weighted by molar-refractivity contribution is 5.75. The third-order valence-electron chi connectivity index (χ3n) is 4.33. The van der Waals surface area contributed by atoms with Crippen LogP contribution < -0.4 is 0 Å². The van der Waals surface area contributed by atoms with Crippen LogP contribution in [0.5, 0.6) is 0 Å². The van der Waals surface area contributed by atoms with Gasteiger partial charge in [-0.1, -0.05) is 19.1 Å². The van der Waals surface area contributed by atoms with Gasteiger partial charge in [-0.15, -0.1) is 0 Å². The lowest BCUT2D eigenvalue weighted by atomic mass is 9.81. The lowest BCUT2D eigenvalue weighted by molar-refractivity contribution is -0.270. The van der Waals surface area contributed by atoms with E-state index in [-0.39, 0.29) is 23.9 Å². The second kappa shape index (κ2) is 6.08. The predicted octanol–water partition coefficient (Wildman–Crippen LogP) is 2.07. The molecule has 0 saturated carbocycles. The van der Waals surface area contributed by atoms with E-state index < -0.39 is 12.2 Å². The van der Waals surface area contributed by atoms with Crippen LogP contribution in [0.4, 0.5) is 0 Å². The quantitative estimate of drug-likeness (QED) is 0.333. The summed E-state index contributed by atoms with van der Waals surface area (Å²) in [7, 11) is 0. The number of carbonyl (C=O) groups excluding carboxylic acids is 1. The minimum Gasteiger partial charge on any atom is -0.457 e. The average Bonchev–Trinajstić information content (AvgIpc) is 2.64. The molecule has 1 saturated heterocycles. The molecule has 5 atom stereocenters. The Labute approximate surface area is 118 Å². The summed E-state index contributed by atoms with van der Waals surface area (Å²) in [5, 5.41) is 19.4. The maximum absolute atomic E-state index is 11.7. The van der Waals surface area contributed by atoms with E-state index in [1.165, 1.54) is 0 Å². The van der Waals surface area contributed by atoms with Crippen LogP contribution >= 0.6 is 0 Å². The molecule has 1 aliphatic heterocycles. The average molecular weight is 282 g/mol. The van der Waals surface area contributed by atoms with E-state index in [1.807, 2.05) is 13.0 Å². The molecule has 2 aliphatic rings. The number of rotatable bonds is 1. The Morgan fingerprint density at radius 3 is 2.85 bits per heavy atom. The van der Waals surface area contributed by atoms with Crippen molar-refractivity contribution in [3.8, 4) is 0 Å². The number of allylic oxidation sites excluding steroid dienone is 1. The van der Waals surface area contributed by atoms with Gasteiger partial charge in [-0.2, -0.15) is 0 Å². The highest BCUT2D eigenvalue weighted by Crippen LogP contribution is 2.36. The molecule has 0 spiro atoms. The van der Waals surface area contributed by atoms with Crippen molar-refractivity contribution < 1.29 is 24.8 Å². The van der Waals surface area contributed by atoms with E-state index in [0.717, 1.165) is 12.0 Å². The van der Waals surface area contributed by atoms with Gasteiger partial charge in [0.05, 0.1) is 12.0 Å². The lowest BCUT2D eigenvalue weighted by Gasteiger charge is -2.27. The minimum atomic E-state index is -0.742. The van der Waals surface area contributed by atoms with Gasteiger partial charge in [-0.25, -0.2) is 4.89 Å². The van der Waals surface area contributed by atoms with Gasteiger partial charge in [-0.3, -0.25) is 10.1 Å². The number of aliphatic hydroxyl groups is 1. The largest absolute Gasteiger partial charge is 0.457 e. The summed E-state index contributed by atoms with van der Waals surface area (Å²) in [6.07, 6.45) is 1.89. The Balaban J connectivity index is 2.29. The first-order valence-electron chi connectivity index (χ1n) is 6.97. The van der Waals surface area contributed by atoms with Crippen LogP contribution in [0, 0.1) is 11.8 Å². The molecule has 20 heavy (non-hydrogen) atoms. The Morgan fingerprint density at radius 2 is 2.20 bits per heavy atom. The van der Waals surface area contributed by atoms with E-state index in [9.17, 15) is 9.90 Å². The van der Waals surface area contributed by atoms with E-state index in [2.05, 4.69) is 11.5 Å². The molecule has 1 fully saturated rings. The summed E-state index contributed by atoms with van der Waals surface area (Å²) in [5.41, 5.74) is 1.69. The van der Waals surface area contributed by atoms with Crippen molar-refractivity contribution in [2.45, 2.75) is 51.4 Å². The highest BCUT2D eigenvalue weighted by atomic mass is 17.1. The molecule has 1 heterocycles.